The van der Waals surface area contributed by atoms with Gasteiger partial charge in [0.15, 0.2) is 11.5 Å². The highest BCUT2D eigenvalue weighted by Gasteiger charge is 2.21. The summed E-state index contributed by atoms with van der Waals surface area (Å²) in [5.41, 5.74) is 1.21. The van der Waals surface area contributed by atoms with E-state index in [9.17, 15) is 0 Å². The fraction of sp³-hybridized carbons (Fsp3) is 0.455. The number of benzene rings is 1. The second-order valence-corrected chi connectivity index (χ2v) is 9.35. The van der Waals surface area contributed by atoms with Gasteiger partial charge in [0.05, 0.1) is 9.72 Å². The van der Waals surface area contributed by atoms with Crippen LogP contribution >= 0.6 is 22.9 Å². The topological polar surface area (TPSA) is 56.3 Å². The summed E-state index contributed by atoms with van der Waals surface area (Å²) in [4.78, 5) is 10.7. The van der Waals surface area contributed by atoms with Crippen LogP contribution in [0.4, 0.5) is 5.82 Å². The Morgan fingerprint density at radius 2 is 1.86 bits per heavy atom. The van der Waals surface area contributed by atoms with Gasteiger partial charge in [-0.2, -0.15) is 0 Å². The molecule has 0 spiro atoms. The molecule has 0 atom stereocenters. The van der Waals surface area contributed by atoms with Crippen molar-refractivity contribution >= 4 is 39.0 Å². The first kappa shape index (κ1) is 18.9. The number of aromatic nitrogens is 2. The van der Waals surface area contributed by atoms with Crippen LogP contribution in [0.3, 0.4) is 0 Å². The monoisotopic (exact) mass is 429 g/mol. The molecule has 5 rings (SSSR count). The summed E-state index contributed by atoms with van der Waals surface area (Å²) in [7, 11) is 0. The predicted octanol–water partition coefficient (Wildman–Crippen LogP) is 5.82. The van der Waals surface area contributed by atoms with Crippen LogP contribution in [0, 0.1) is 0 Å². The van der Waals surface area contributed by atoms with Crippen molar-refractivity contribution in [3.8, 4) is 11.5 Å². The van der Waals surface area contributed by atoms with Gasteiger partial charge in [-0.25, -0.2) is 9.97 Å². The third-order valence-corrected chi connectivity index (χ3v) is 6.82. The van der Waals surface area contributed by atoms with E-state index in [2.05, 4.69) is 17.4 Å². The Kier molecular flexibility index (Phi) is 5.46. The van der Waals surface area contributed by atoms with Crippen LogP contribution in [0.25, 0.3) is 10.2 Å². The number of fused-ring (bicyclic) bond motifs is 2. The second-order valence-electron chi connectivity index (χ2n) is 7.69. The lowest BCUT2D eigenvalue weighted by Crippen LogP contribution is -2.15. The van der Waals surface area contributed by atoms with E-state index in [1.807, 2.05) is 12.1 Å². The first-order valence-corrected chi connectivity index (χ1v) is 11.5. The standard InChI is InChI=1S/C22H24ClN3O2S/c23-19-13-16-21(25-20(26-22(16)29-19)15-4-2-1-3-5-15)24-9-8-14-6-7-17-18(12-14)28-11-10-27-17/h6-7,12-13,15H,1-5,8-11H2,(H,24,25,26). The van der Waals surface area contributed by atoms with Crippen molar-refractivity contribution < 1.29 is 9.47 Å². The van der Waals surface area contributed by atoms with Crippen molar-refractivity contribution in [2.24, 2.45) is 0 Å². The molecule has 29 heavy (non-hydrogen) atoms. The number of thiophene rings is 1. The minimum Gasteiger partial charge on any atom is -0.486 e. The third kappa shape index (κ3) is 4.14. The summed E-state index contributed by atoms with van der Waals surface area (Å²) in [5.74, 6) is 4.00. The predicted molar refractivity (Wildman–Crippen MR) is 118 cm³/mol. The Morgan fingerprint density at radius 3 is 2.72 bits per heavy atom. The number of anilines is 1. The molecule has 3 aromatic rings. The molecule has 0 radical (unpaired) electrons. The molecule has 152 valence electrons. The Bertz CT molecular complexity index is 1020. The van der Waals surface area contributed by atoms with Gasteiger partial charge in [0.25, 0.3) is 0 Å². The maximum atomic E-state index is 6.29. The van der Waals surface area contributed by atoms with Gasteiger partial charge in [-0.15, -0.1) is 11.3 Å². The lowest BCUT2D eigenvalue weighted by molar-refractivity contribution is 0.171. The van der Waals surface area contributed by atoms with Gasteiger partial charge in [-0.3, -0.25) is 0 Å². The number of nitrogens with one attached hydrogen (secondary N) is 1. The first-order chi connectivity index (χ1) is 14.3. The van der Waals surface area contributed by atoms with Crippen LogP contribution in [0.1, 0.15) is 49.4 Å². The third-order valence-electron chi connectivity index (χ3n) is 5.66. The molecule has 1 saturated carbocycles. The number of hydrogen-bond donors (Lipinski definition) is 1. The van der Waals surface area contributed by atoms with Crippen molar-refractivity contribution in [3.05, 3.63) is 40.0 Å². The highest BCUT2D eigenvalue weighted by atomic mass is 35.5. The number of rotatable bonds is 5. The molecule has 1 aliphatic heterocycles. The highest BCUT2D eigenvalue weighted by molar-refractivity contribution is 7.22. The quantitative estimate of drug-likeness (QED) is 0.553. The fourth-order valence-electron chi connectivity index (χ4n) is 4.16. The summed E-state index contributed by atoms with van der Waals surface area (Å²) >= 11 is 7.82. The van der Waals surface area contributed by atoms with Gasteiger partial charge in [0.1, 0.15) is 29.7 Å². The van der Waals surface area contributed by atoms with E-state index < -0.39 is 0 Å². The lowest BCUT2D eigenvalue weighted by atomic mass is 9.89. The Labute approximate surface area is 179 Å². The van der Waals surface area contributed by atoms with E-state index in [1.54, 1.807) is 0 Å². The minimum absolute atomic E-state index is 0.465. The van der Waals surface area contributed by atoms with Crippen LogP contribution in [-0.4, -0.2) is 29.7 Å². The zero-order chi connectivity index (χ0) is 19.6. The Balaban J connectivity index is 1.34. The van der Waals surface area contributed by atoms with Gasteiger partial charge >= 0.3 is 0 Å². The zero-order valence-electron chi connectivity index (χ0n) is 16.2. The summed E-state index contributed by atoms with van der Waals surface area (Å²) < 4.78 is 12.1. The lowest BCUT2D eigenvalue weighted by Gasteiger charge is -2.21. The zero-order valence-corrected chi connectivity index (χ0v) is 17.8. The van der Waals surface area contributed by atoms with Crippen molar-refractivity contribution in [2.45, 2.75) is 44.4 Å². The van der Waals surface area contributed by atoms with E-state index >= 15 is 0 Å². The minimum atomic E-state index is 0.465. The first-order valence-electron chi connectivity index (χ1n) is 10.4. The van der Waals surface area contributed by atoms with Crippen LogP contribution in [0.5, 0.6) is 11.5 Å². The van der Waals surface area contributed by atoms with Gasteiger partial charge in [0.2, 0.25) is 0 Å². The van der Waals surface area contributed by atoms with E-state index in [1.165, 1.54) is 49.0 Å². The summed E-state index contributed by atoms with van der Waals surface area (Å²) in [5, 5.41) is 4.55. The molecule has 0 saturated heterocycles. The molecule has 1 aromatic carbocycles. The summed E-state index contributed by atoms with van der Waals surface area (Å²) in [6, 6.07) is 8.13. The Morgan fingerprint density at radius 1 is 1.03 bits per heavy atom. The van der Waals surface area contributed by atoms with Crippen LogP contribution < -0.4 is 14.8 Å². The molecule has 2 aliphatic rings. The maximum absolute atomic E-state index is 6.29. The summed E-state index contributed by atoms with van der Waals surface area (Å²) in [6.07, 6.45) is 7.10. The van der Waals surface area contributed by atoms with E-state index in [-0.39, 0.29) is 0 Å². The smallest absolute Gasteiger partial charge is 0.161 e. The maximum Gasteiger partial charge on any atom is 0.161 e. The number of ether oxygens (including phenoxy) is 2. The molecule has 0 amide bonds. The Hall–Kier alpha value is -2.05. The van der Waals surface area contributed by atoms with Gasteiger partial charge < -0.3 is 14.8 Å². The normalized spacial score (nSPS) is 16.9. The number of nitrogens with zero attached hydrogens (tertiary/aromatic N) is 2. The van der Waals surface area contributed by atoms with Crippen LogP contribution in [0.15, 0.2) is 24.3 Å². The molecular weight excluding hydrogens is 406 g/mol. The average Bonchev–Trinajstić information content (AvgIpc) is 3.14. The molecular formula is C22H24ClN3O2S. The highest BCUT2D eigenvalue weighted by Crippen LogP contribution is 2.36. The second kappa shape index (κ2) is 8.36. The number of hydrogen-bond acceptors (Lipinski definition) is 6. The molecule has 5 nitrogen and oxygen atoms in total. The summed E-state index contributed by atoms with van der Waals surface area (Å²) in [6.45, 7) is 2.00. The molecule has 0 bridgehead atoms. The SMILES string of the molecule is Clc1cc2c(NCCc3ccc4c(c3)OCCO4)nc(C3CCCCC3)nc2s1. The fourth-order valence-corrected chi connectivity index (χ4v) is 5.25. The van der Waals surface area contributed by atoms with Gasteiger partial charge in [0, 0.05) is 12.5 Å². The van der Waals surface area contributed by atoms with E-state index in [0.29, 0.717) is 19.1 Å². The molecule has 1 fully saturated rings. The van der Waals surface area contributed by atoms with Crippen LogP contribution in [-0.2, 0) is 6.42 Å². The number of halogens is 1. The molecule has 3 heterocycles. The molecule has 2 aromatic heterocycles. The van der Waals surface area contributed by atoms with Crippen molar-refractivity contribution in [1.29, 1.82) is 0 Å². The largest absolute Gasteiger partial charge is 0.486 e. The molecule has 1 N–H and O–H groups in total. The van der Waals surface area contributed by atoms with Crippen molar-refractivity contribution in [3.63, 3.8) is 0 Å². The average molecular weight is 430 g/mol. The van der Waals surface area contributed by atoms with E-state index in [4.69, 9.17) is 31.0 Å². The van der Waals surface area contributed by atoms with Crippen molar-refractivity contribution in [1.82, 2.24) is 9.97 Å². The van der Waals surface area contributed by atoms with Crippen molar-refractivity contribution in [2.75, 3.05) is 25.1 Å². The van der Waals surface area contributed by atoms with Gasteiger partial charge in [-0.05, 0) is 43.0 Å². The molecule has 7 heteroatoms. The molecule has 1 aliphatic carbocycles. The van der Waals surface area contributed by atoms with Crippen LogP contribution in [0.2, 0.25) is 4.34 Å². The molecule has 0 unspecified atom stereocenters. The van der Waals surface area contributed by atoms with Gasteiger partial charge in [-0.1, -0.05) is 36.9 Å². The van der Waals surface area contributed by atoms with E-state index in [0.717, 1.165) is 50.7 Å².